The van der Waals surface area contributed by atoms with Gasteiger partial charge in [0.05, 0.1) is 12.6 Å². The molecule has 0 radical (unpaired) electrons. The second-order valence-corrected chi connectivity index (χ2v) is 4.71. The first kappa shape index (κ1) is 16.2. The highest BCUT2D eigenvalue weighted by molar-refractivity contribution is 5.94. The molecule has 1 aromatic carbocycles. The first-order valence-electron chi connectivity index (χ1n) is 6.47. The number of methoxy groups -OCH3 is 1. The fraction of sp³-hybridized carbons (Fsp3) is 0.438. The number of aryl methyl sites for hydroxylation is 1. The van der Waals surface area contributed by atoms with Crippen molar-refractivity contribution in [2.24, 2.45) is 0 Å². The van der Waals surface area contributed by atoms with Crippen LogP contribution in [0.25, 0.3) is 0 Å². The molecule has 20 heavy (non-hydrogen) atoms. The average molecular weight is 275 g/mol. The van der Waals surface area contributed by atoms with Gasteiger partial charge in [-0.05, 0) is 37.6 Å². The van der Waals surface area contributed by atoms with Crippen molar-refractivity contribution in [1.82, 2.24) is 4.90 Å². The minimum atomic E-state index is -0.169. The summed E-state index contributed by atoms with van der Waals surface area (Å²) < 4.78 is 5.06. The number of aliphatic hydroxyl groups is 1. The van der Waals surface area contributed by atoms with Crippen molar-refractivity contribution in [2.45, 2.75) is 19.9 Å². The maximum atomic E-state index is 12.3. The number of rotatable bonds is 4. The standard InChI is InChI=1S/C16H21NO3/c1-12-10-15(8-7-14(12)6-5-9-18)16(19)17(3)13(2)11-20-4/h7-8,10,13,18H,9,11H2,1-4H3. The van der Waals surface area contributed by atoms with E-state index in [0.717, 1.165) is 11.1 Å². The molecule has 0 aromatic heterocycles. The predicted molar refractivity (Wildman–Crippen MR) is 78.6 cm³/mol. The number of nitrogens with zero attached hydrogens (tertiary/aromatic N) is 1. The van der Waals surface area contributed by atoms with E-state index in [4.69, 9.17) is 9.84 Å². The van der Waals surface area contributed by atoms with Crippen LogP contribution in [-0.4, -0.2) is 49.3 Å². The van der Waals surface area contributed by atoms with Gasteiger partial charge in [-0.25, -0.2) is 0 Å². The van der Waals surface area contributed by atoms with Gasteiger partial charge in [0.25, 0.3) is 5.91 Å². The van der Waals surface area contributed by atoms with Crippen molar-refractivity contribution in [1.29, 1.82) is 0 Å². The number of likely N-dealkylation sites (N-methyl/N-ethyl adjacent to an activating group) is 1. The maximum Gasteiger partial charge on any atom is 0.253 e. The van der Waals surface area contributed by atoms with Crippen LogP contribution in [0.1, 0.15) is 28.4 Å². The Labute approximate surface area is 120 Å². The van der Waals surface area contributed by atoms with E-state index in [1.165, 1.54) is 0 Å². The third-order valence-electron chi connectivity index (χ3n) is 3.16. The summed E-state index contributed by atoms with van der Waals surface area (Å²) in [6.45, 7) is 4.17. The topological polar surface area (TPSA) is 49.8 Å². The number of carbonyl (C=O) groups is 1. The Morgan fingerprint density at radius 2 is 2.20 bits per heavy atom. The molecular formula is C16H21NO3. The van der Waals surface area contributed by atoms with Crippen LogP contribution < -0.4 is 0 Å². The summed E-state index contributed by atoms with van der Waals surface area (Å²) in [5.74, 6) is 5.42. The molecule has 0 spiro atoms. The van der Waals surface area contributed by atoms with E-state index in [0.29, 0.717) is 12.2 Å². The van der Waals surface area contributed by atoms with Crippen LogP contribution in [0.5, 0.6) is 0 Å². The number of benzene rings is 1. The highest BCUT2D eigenvalue weighted by atomic mass is 16.5. The van der Waals surface area contributed by atoms with E-state index in [1.807, 2.05) is 19.9 Å². The maximum absolute atomic E-state index is 12.3. The van der Waals surface area contributed by atoms with Crippen molar-refractivity contribution in [3.8, 4) is 11.8 Å². The van der Waals surface area contributed by atoms with Crippen LogP contribution in [-0.2, 0) is 4.74 Å². The lowest BCUT2D eigenvalue weighted by atomic mass is 10.0. The van der Waals surface area contributed by atoms with Gasteiger partial charge < -0.3 is 14.7 Å². The number of ether oxygens (including phenoxy) is 1. The second kappa shape index (κ2) is 7.68. The highest BCUT2D eigenvalue weighted by Gasteiger charge is 2.17. The Morgan fingerprint density at radius 3 is 2.75 bits per heavy atom. The van der Waals surface area contributed by atoms with Crippen molar-refractivity contribution in [3.05, 3.63) is 34.9 Å². The fourth-order valence-corrected chi connectivity index (χ4v) is 1.83. The molecule has 108 valence electrons. The summed E-state index contributed by atoms with van der Waals surface area (Å²) in [7, 11) is 3.38. The van der Waals surface area contributed by atoms with Gasteiger partial charge in [0.1, 0.15) is 6.61 Å². The van der Waals surface area contributed by atoms with E-state index < -0.39 is 0 Å². The molecule has 0 saturated heterocycles. The summed E-state index contributed by atoms with van der Waals surface area (Å²) >= 11 is 0. The van der Waals surface area contributed by atoms with Gasteiger partial charge >= 0.3 is 0 Å². The minimum absolute atomic E-state index is 0.0154. The van der Waals surface area contributed by atoms with Crippen molar-refractivity contribution < 1.29 is 14.6 Å². The third-order valence-corrected chi connectivity index (χ3v) is 3.16. The van der Waals surface area contributed by atoms with Crippen LogP contribution in [0, 0.1) is 18.8 Å². The molecule has 0 aliphatic heterocycles. The highest BCUT2D eigenvalue weighted by Crippen LogP contribution is 2.13. The Kier molecular flexibility index (Phi) is 6.23. The molecule has 4 heteroatoms. The molecule has 0 fully saturated rings. The van der Waals surface area contributed by atoms with Crippen molar-refractivity contribution in [2.75, 3.05) is 27.4 Å². The SMILES string of the molecule is COCC(C)N(C)C(=O)c1ccc(C#CCO)c(C)c1. The molecule has 4 nitrogen and oxygen atoms in total. The Balaban J connectivity index is 2.92. The molecule has 0 bridgehead atoms. The van der Waals surface area contributed by atoms with Gasteiger partial charge in [0.15, 0.2) is 0 Å². The van der Waals surface area contributed by atoms with Gasteiger partial charge in [-0.3, -0.25) is 4.79 Å². The number of amides is 1. The molecule has 1 aromatic rings. The second-order valence-electron chi connectivity index (χ2n) is 4.71. The first-order valence-corrected chi connectivity index (χ1v) is 6.47. The Morgan fingerprint density at radius 1 is 1.50 bits per heavy atom. The fourth-order valence-electron chi connectivity index (χ4n) is 1.83. The Bertz CT molecular complexity index is 528. The van der Waals surface area contributed by atoms with Crippen LogP contribution in [0.15, 0.2) is 18.2 Å². The van der Waals surface area contributed by atoms with E-state index in [-0.39, 0.29) is 18.6 Å². The van der Waals surface area contributed by atoms with Crippen molar-refractivity contribution in [3.63, 3.8) is 0 Å². The number of carbonyl (C=O) groups excluding carboxylic acids is 1. The molecule has 0 saturated carbocycles. The van der Waals surface area contributed by atoms with E-state index in [1.54, 1.807) is 31.2 Å². The summed E-state index contributed by atoms with van der Waals surface area (Å²) in [5, 5.41) is 8.70. The summed E-state index contributed by atoms with van der Waals surface area (Å²) in [6, 6.07) is 5.40. The Hall–Kier alpha value is -1.83. The lowest BCUT2D eigenvalue weighted by Crippen LogP contribution is -2.37. The molecule has 1 N–H and O–H groups in total. The quantitative estimate of drug-likeness (QED) is 0.846. The normalized spacial score (nSPS) is 11.4. The summed E-state index contributed by atoms with van der Waals surface area (Å²) in [4.78, 5) is 14.0. The zero-order valence-corrected chi connectivity index (χ0v) is 12.4. The van der Waals surface area contributed by atoms with Crippen LogP contribution in [0.3, 0.4) is 0 Å². The molecule has 0 aliphatic rings. The minimum Gasteiger partial charge on any atom is -0.384 e. The third kappa shape index (κ3) is 4.09. The smallest absolute Gasteiger partial charge is 0.253 e. The zero-order valence-electron chi connectivity index (χ0n) is 12.4. The summed E-state index contributed by atoms with van der Waals surface area (Å²) in [5.41, 5.74) is 2.37. The number of hydrogen-bond acceptors (Lipinski definition) is 3. The molecule has 1 unspecified atom stereocenters. The van der Waals surface area contributed by atoms with Gasteiger partial charge in [-0.2, -0.15) is 0 Å². The lowest BCUT2D eigenvalue weighted by molar-refractivity contribution is 0.0633. The van der Waals surface area contributed by atoms with E-state index in [2.05, 4.69) is 11.8 Å². The molecule has 1 atom stereocenters. The molecule has 1 amide bonds. The molecular weight excluding hydrogens is 254 g/mol. The van der Waals surface area contributed by atoms with E-state index >= 15 is 0 Å². The largest absolute Gasteiger partial charge is 0.384 e. The lowest BCUT2D eigenvalue weighted by Gasteiger charge is -2.24. The van der Waals surface area contributed by atoms with Gasteiger partial charge in [-0.1, -0.05) is 11.8 Å². The average Bonchev–Trinajstić information content (AvgIpc) is 2.44. The van der Waals surface area contributed by atoms with Crippen molar-refractivity contribution >= 4 is 5.91 Å². The van der Waals surface area contributed by atoms with Crippen LogP contribution in [0.4, 0.5) is 0 Å². The predicted octanol–water partition coefficient (Wildman–Crippen LogP) is 1.45. The first-order chi connectivity index (χ1) is 9.51. The van der Waals surface area contributed by atoms with Gasteiger partial charge in [-0.15, -0.1) is 0 Å². The zero-order chi connectivity index (χ0) is 15.1. The molecule has 0 heterocycles. The number of hydrogen-bond donors (Lipinski definition) is 1. The van der Waals surface area contributed by atoms with E-state index in [9.17, 15) is 4.79 Å². The molecule has 0 aliphatic carbocycles. The summed E-state index contributed by atoms with van der Waals surface area (Å²) in [6.07, 6.45) is 0. The van der Waals surface area contributed by atoms with Crippen LogP contribution >= 0.6 is 0 Å². The number of aliphatic hydroxyl groups excluding tert-OH is 1. The monoisotopic (exact) mass is 275 g/mol. The van der Waals surface area contributed by atoms with Gasteiger partial charge in [0.2, 0.25) is 0 Å². The van der Waals surface area contributed by atoms with Gasteiger partial charge in [0, 0.05) is 25.3 Å². The molecule has 1 rings (SSSR count). The van der Waals surface area contributed by atoms with Crippen LogP contribution in [0.2, 0.25) is 0 Å².